The van der Waals surface area contributed by atoms with E-state index in [0.717, 1.165) is 4.47 Å². The molecule has 0 spiro atoms. The number of fused-ring (bicyclic) bond motifs is 1. The Labute approximate surface area is 139 Å². The van der Waals surface area contributed by atoms with Gasteiger partial charge in [0.2, 0.25) is 0 Å². The van der Waals surface area contributed by atoms with E-state index in [1.54, 1.807) is 42.5 Å². The molecule has 0 bridgehead atoms. The van der Waals surface area contributed by atoms with Crippen LogP contribution in [0.15, 0.2) is 51.7 Å². The molecule has 0 amide bonds. The molecule has 2 aromatic carbocycles. The first-order valence-corrected chi connectivity index (χ1v) is 7.54. The van der Waals surface area contributed by atoms with Gasteiger partial charge in [0.25, 0.3) is 5.56 Å². The molecule has 0 saturated carbocycles. The molecule has 0 radical (unpaired) electrons. The lowest BCUT2D eigenvalue weighted by molar-refractivity contribution is 0.0699. The van der Waals surface area contributed by atoms with E-state index in [1.807, 2.05) is 0 Å². The lowest BCUT2D eigenvalue weighted by atomic mass is 9.97. The number of pyridine rings is 1. The van der Waals surface area contributed by atoms with Gasteiger partial charge in [-0.2, -0.15) is 0 Å². The Morgan fingerprint density at radius 2 is 1.96 bits per heavy atom. The smallest absolute Gasteiger partial charge is 0.337 e. The predicted octanol–water partition coefficient (Wildman–Crippen LogP) is 3.66. The van der Waals surface area contributed by atoms with Gasteiger partial charge in [0.05, 0.1) is 18.2 Å². The average molecular weight is 374 g/mol. The predicted molar refractivity (Wildman–Crippen MR) is 91.2 cm³/mol. The lowest BCUT2D eigenvalue weighted by Gasteiger charge is -2.12. The van der Waals surface area contributed by atoms with Crippen LogP contribution in [0.5, 0.6) is 5.75 Å². The number of hydrogen-bond donors (Lipinski definition) is 2. The van der Waals surface area contributed by atoms with Gasteiger partial charge in [0.15, 0.2) is 0 Å². The Hall–Kier alpha value is -2.60. The number of aromatic amines is 1. The van der Waals surface area contributed by atoms with Gasteiger partial charge in [0, 0.05) is 20.9 Å². The van der Waals surface area contributed by atoms with Gasteiger partial charge in [-0.15, -0.1) is 0 Å². The van der Waals surface area contributed by atoms with Crippen LogP contribution in [0.3, 0.4) is 0 Å². The molecule has 0 fully saturated rings. The van der Waals surface area contributed by atoms with Crippen molar-refractivity contribution in [2.24, 2.45) is 0 Å². The van der Waals surface area contributed by atoms with Crippen molar-refractivity contribution in [1.82, 2.24) is 4.98 Å². The molecule has 116 valence electrons. The number of rotatable bonds is 3. The number of nitrogens with one attached hydrogen (secondary N) is 1. The van der Waals surface area contributed by atoms with Gasteiger partial charge in [-0.05, 0) is 24.3 Å². The van der Waals surface area contributed by atoms with Crippen molar-refractivity contribution in [3.8, 4) is 16.9 Å². The molecule has 23 heavy (non-hydrogen) atoms. The van der Waals surface area contributed by atoms with Crippen LogP contribution in [-0.4, -0.2) is 23.2 Å². The zero-order valence-electron chi connectivity index (χ0n) is 12.1. The van der Waals surface area contributed by atoms with Crippen LogP contribution in [0.4, 0.5) is 0 Å². The van der Waals surface area contributed by atoms with Gasteiger partial charge in [0.1, 0.15) is 5.75 Å². The van der Waals surface area contributed by atoms with Crippen LogP contribution in [0.1, 0.15) is 10.4 Å². The summed E-state index contributed by atoms with van der Waals surface area (Å²) in [7, 11) is 1.48. The first-order chi connectivity index (χ1) is 11.0. The molecular formula is C17H12BrNO4. The monoisotopic (exact) mass is 373 g/mol. The van der Waals surface area contributed by atoms with Crippen molar-refractivity contribution in [1.29, 1.82) is 0 Å². The zero-order valence-corrected chi connectivity index (χ0v) is 13.7. The van der Waals surface area contributed by atoms with Crippen LogP contribution >= 0.6 is 15.9 Å². The van der Waals surface area contributed by atoms with Gasteiger partial charge >= 0.3 is 5.97 Å². The third-order valence-electron chi connectivity index (χ3n) is 3.57. The number of methoxy groups -OCH3 is 1. The Balaban J connectivity index is 2.50. The lowest BCUT2D eigenvalue weighted by Crippen LogP contribution is -2.16. The number of H-pyrrole nitrogens is 1. The summed E-state index contributed by atoms with van der Waals surface area (Å²) in [6, 6.07) is 11.9. The van der Waals surface area contributed by atoms with Crippen LogP contribution in [0.25, 0.3) is 22.0 Å². The van der Waals surface area contributed by atoms with Crippen molar-refractivity contribution in [3.05, 3.63) is 62.9 Å². The Kier molecular flexibility index (Phi) is 3.92. The maximum absolute atomic E-state index is 12.5. The minimum atomic E-state index is -1.17. The number of aromatic nitrogens is 1. The standard InChI is InChI=1S/C17H12BrNO4/c1-23-13-5-3-2-4-10(13)14-15(17(21)22)11-8-9(18)6-7-12(11)19-16(14)20/h2-8H,1H3,(H,19,20)(H,21,22). The molecule has 0 unspecified atom stereocenters. The second-order valence-corrected chi connectivity index (χ2v) is 5.82. The summed E-state index contributed by atoms with van der Waals surface area (Å²) in [5.74, 6) is -0.727. The topological polar surface area (TPSA) is 79.4 Å². The van der Waals surface area contributed by atoms with E-state index < -0.39 is 11.5 Å². The third-order valence-corrected chi connectivity index (χ3v) is 4.06. The van der Waals surface area contributed by atoms with Crippen LogP contribution in [-0.2, 0) is 0 Å². The molecule has 1 aromatic heterocycles. The summed E-state index contributed by atoms with van der Waals surface area (Å²) in [6.45, 7) is 0. The highest BCUT2D eigenvalue weighted by Crippen LogP contribution is 2.33. The molecule has 0 atom stereocenters. The van der Waals surface area contributed by atoms with Crippen LogP contribution < -0.4 is 10.3 Å². The number of hydrogen-bond acceptors (Lipinski definition) is 3. The van der Waals surface area contributed by atoms with Gasteiger partial charge < -0.3 is 14.8 Å². The van der Waals surface area contributed by atoms with Gasteiger partial charge in [-0.1, -0.05) is 34.1 Å². The maximum atomic E-state index is 12.5. The molecule has 0 aliphatic carbocycles. The van der Waals surface area contributed by atoms with Crippen molar-refractivity contribution in [2.45, 2.75) is 0 Å². The van der Waals surface area contributed by atoms with E-state index >= 15 is 0 Å². The number of benzene rings is 2. The average Bonchev–Trinajstić information content (AvgIpc) is 2.53. The molecule has 5 nitrogen and oxygen atoms in total. The van der Waals surface area contributed by atoms with E-state index in [2.05, 4.69) is 20.9 Å². The van der Waals surface area contributed by atoms with E-state index in [9.17, 15) is 14.7 Å². The summed E-state index contributed by atoms with van der Waals surface area (Å²) >= 11 is 3.33. The zero-order chi connectivity index (χ0) is 16.6. The SMILES string of the molecule is COc1ccccc1-c1c(C(=O)O)c2cc(Br)ccc2[nH]c1=O. The number of aromatic carboxylic acids is 1. The summed E-state index contributed by atoms with van der Waals surface area (Å²) in [5.41, 5.74) is 0.474. The minimum Gasteiger partial charge on any atom is -0.496 e. The summed E-state index contributed by atoms with van der Waals surface area (Å²) in [4.78, 5) is 27.1. The minimum absolute atomic E-state index is 0.0467. The Morgan fingerprint density at radius 3 is 2.65 bits per heavy atom. The van der Waals surface area contributed by atoms with Crippen molar-refractivity contribution < 1.29 is 14.6 Å². The number of para-hydroxylation sites is 1. The molecule has 3 rings (SSSR count). The summed E-state index contributed by atoms with van der Waals surface area (Å²) < 4.78 is 6.00. The summed E-state index contributed by atoms with van der Waals surface area (Å²) in [6.07, 6.45) is 0. The second kappa shape index (κ2) is 5.89. The second-order valence-electron chi connectivity index (χ2n) is 4.90. The van der Waals surface area contributed by atoms with Gasteiger partial charge in [-0.3, -0.25) is 4.79 Å². The molecule has 0 aliphatic rings. The Morgan fingerprint density at radius 1 is 1.22 bits per heavy atom. The quantitative estimate of drug-likeness (QED) is 0.733. The van der Waals surface area contributed by atoms with Crippen molar-refractivity contribution >= 4 is 32.8 Å². The van der Waals surface area contributed by atoms with Gasteiger partial charge in [-0.25, -0.2) is 4.79 Å². The molecule has 2 N–H and O–H groups in total. The Bertz CT molecular complexity index is 978. The number of carboxylic acids is 1. The van der Waals surface area contributed by atoms with E-state index in [4.69, 9.17) is 4.74 Å². The fraction of sp³-hybridized carbons (Fsp3) is 0.0588. The normalized spacial score (nSPS) is 10.7. The fourth-order valence-electron chi connectivity index (χ4n) is 2.60. The maximum Gasteiger partial charge on any atom is 0.337 e. The largest absolute Gasteiger partial charge is 0.496 e. The number of carbonyl (C=O) groups is 1. The highest BCUT2D eigenvalue weighted by molar-refractivity contribution is 9.10. The van der Waals surface area contributed by atoms with Crippen LogP contribution in [0.2, 0.25) is 0 Å². The number of carboxylic acid groups (broad SMARTS) is 1. The highest BCUT2D eigenvalue weighted by atomic mass is 79.9. The fourth-order valence-corrected chi connectivity index (χ4v) is 2.96. The number of ether oxygens (including phenoxy) is 1. The number of halogens is 1. The molecule has 6 heteroatoms. The van der Waals surface area contributed by atoms with Crippen molar-refractivity contribution in [2.75, 3.05) is 7.11 Å². The van der Waals surface area contributed by atoms with Crippen molar-refractivity contribution in [3.63, 3.8) is 0 Å². The molecule has 0 saturated heterocycles. The third kappa shape index (κ3) is 2.61. The summed E-state index contributed by atoms with van der Waals surface area (Å²) in [5, 5.41) is 10.1. The molecular weight excluding hydrogens is 362 g/mol. The molecule has 0 aliphatic heterocycles. The molecule has 3 aromatic rings. The van der Waals surface area contributed by atoms with E-state index in [1.165, 1.54) is 7.11 Å². The first-order valence-electron chi connectivity index (χ1n) is 6.75. The van der Waals surface area contributed by atoms with E-state index in [-0.39, 0.29) is 11.1 Å². The first kappa shape index (κ1) is 15.3. The molecule has 1 heterocycles. The highest BCUT2D eigenvalue weighted by Gasteiger charge is 2.22. The van der Waals surface area contributed by atoms with Crippen LogP contribution in [0, 0.1) is 0 Å². The van der Waals surface area contributed by atoms with E-state index in [0.29, 0.717) is 22.2 Å².